The predicted molar refractivity (Wildman–Crippen MR) is 90.9 cm³/mol. The van der Waals surface area contributed by atoms with Crippen molar-refractivity contribution in [2.24, 2.45) is 5.73 Å². The Labute approximate surface area is 129 Å². The summed E-state index contributed by atoms with van der Waals surface area (Å²) >= 11 is 1.73. The van der Waals surface area contributed by atoms with Crippen molar-refractivity contribution in [3.05, 3.63) is 58.3 Å². The van der Waals surface area contributed by atoms with Crippen LogP contribution in [0.2, 0.25) is 0 Å². The lowest BCUT2D eigenvalue weighted by molar-refractivity contribution is 0.875. The van der Waals surface area contributed by atoms with E-state index in [9.17, 15) is 0 Å². The number of aromatic nitrogens is 1. The minimum atomic E-state index is 0.638. The quantitative estimate of drug-likeness (QED) is 0.784. The number of anilines is 1. The Bertz CT molecular complexity index is 722. The molecule has 2 heterocycles. The molecule has 0 spiro atoms. The fraction of sp³-hybridized carbons (Fsp3) is 0.235. The molecule has 0 amide bonds. The van der Waals surface area contributed by atoms with Gasteiger partial charge in [-0.2, -0.15) is 11.3 Å². The maximum Gasteiger partial charge on any atom is 0.132 e. The van der Waals surface area contributed by atoms with Crippen LogP contribution in [0.3, 0.4) is 0 Å². The summed E-state index contributed by atoms with van der Waals surface area (Å²) in [5.41, 5.74) is 9.33. The molecule has 2 N–H and O–H groups in total. The summed E-state index contributed by atoms with van der Waals surface area (Å²) in [6, 6.07) is 12.6. The van der Waals surface area contributed by atoms with Gasteiger partial charge in [-0.25, -0.2) is 4.98 Å². The van der Waals surface area contributed by atoms with E-state index in [1.807, 2.05) is 12.1 Å². The number of hydrogen-bond donors (Lipinski definition) is 1. The van der Waals surface area contributed by atoms with E-state index >= 15 is 0 Å². The summed E-state index contributed by atoms with van der Waals surface area (Å²) in [6.45, 7) is 1.51. The van der Waals surface area contributed by atoms with Crippen LogP contribution in [-0.4, -0.2) is 18.6 Å². The Balaban J connectivity index is 1.99. The number of para-hydroxylation sites is 1. The van der Waals surface area contributed by atoms with Gasteiger partial charge in [0.05, 0.1) is 5.52 Å². The van der Waals surface area contributed by atoms with E-state index in [2.05, 4.69) is 47.0 Å². The van der Waals surface area contributed by atoms with Crippen LogP contribution < -0.4 is 10.6 Å². The third kappa shape index (κ3) is 3.06. The molecule has 108 valence electrons. The second kappa shape index (κ2) is 6.24. The minimum absolute atomic E-state index is 0.638. The van der Waals surface area contributed by atoms with Gasteiger partial charge in [0.15, 0.2) is 0 Å². The highest BCUT2D eigenvalue weighted by atomic mass is 32.1. The van der Waals surface area contributed by atoms with E-state index in [0.717, 1.165) is 24.3 Å². The number of pyridine rings is 1. The highest BCUT2D eigenvalue weighted by Gasteiger charge is 2.11. The number of nitrogens with two attached hydrogens (primary N) is 1. The van der Waals surface area contributed by atoms with Gasteiger partial charge in [-0.1, -0.05) is 18.2 Å². The predicted octanol–water partition coefficient (Wildman–Crippen LogP) is 3.43. The van der Waals surface area contributed by atoms with Gasteiger partial charge in [-0.3, -0.25) is 0 Å². The molecule has 0 bridgehead atoms. The molecule has 0 unspecified atom stereocenters. The molecule has 0 saturated heterocycles. The van der Waals surface area contributed by atoms with E-state index in [1.54, 1.807) is 11.3 Å². The Morgan fingerprint density at radius 1 is 1.24 bits per heavy atom. The molecule has 0 atom stereocenters. The van der Waals surface area contributed by atoms with Gasteiger partial charge < -0.3 is 10.6 Å². The van der Waals surface area contributed by atoms with Crippen molar-refractivity contribution < 1.29 is 0 Å². The fourth-order valence-electron chi connectivity index (χ4n) is 2.55. The zero-order valence-electron chi connectivity index (χ0n) is 12.1. The van der Waals surface area contributed by atoms with Crippen LogP contribution in [0.25, 0.3) is 10.9 Å². The Morgan fingerprint density at radius 2 is 2.10 bits per heavy atom. The van der Waals surface area contributed by atoms with Crippen molar-refractivity contribution in [3.63, 3.8) is 0 Å². The third-order valence-corrected chi connectivity index (χ3v) is 4.29. The first kappa shape index (κ1) is 14.0. The molecular weight excluding hydrogens is 278 g/mol. The molecule has 3 rings (SSSR count). The lowest BCUT2D eigenvalue weighted by Gasteiger charge is -2.21. The van der Waals surface area contributed by atoms with Crippen LogP contribution in [0.4, 0.5) is 5.82 Å². The number of thiophene rings is 1. The number of hydrogen-bond acceptors (Lipinski definition) is 4. The van der Waals surface area contributed by atoms with Crippen LogP contribution in [0, 0.1) is 0 Å². The van der Waals surface area contributed by atoms with Crippen molar-refractivity contribution in [1.29, 1.82) is 0 Å². The minimum Gasteiger partial charge on any atom is -0.355 e. The van der Waals surface area contributed by atoms with Crippen LogP contribution in [0.5, 0.6) is 0 Å². The highest BCUT2D eigenvalue weighted by molar-refractivity contribution is 7.07. The van der Waals surface area contributed by atoms with Gasteiger partial charge in [0.2, 0.25) is 0 Å². The van der Waals surface area contributed by atoms with Crippen LogP contribution >= 0.6 is 11.3 Å². The van der Waals surface area contributed by atoms with E-state index < -0.39 is 0 Å². The van der Waals surface area contributed by atoms with E-state index in [0.29, 0.717) is 6.54 Å². The second-order valence-electron chi connectivity index (χ2n) is 5.19. The Kier molecular flexibility index (Phi) is 4.18. The summed E-state index contributed by atoms with van der Waals surface area (Å²) < 4.78 is 0. The smallest absolute Gasteiger partial charge is 0.132 e. The molecule has 0 aliphatic heterocycles. The summed E-state index contributed by atoms with van der Waals surface area (Å²) in [5, 5.41) is 5.46. The number of benzene rings is 1. The zero-order valence-corrected chi connectivity index (χ0v) is 12.9. The lowest BCUT2D eigenvalue weighted by Crippen LogP contribution is -2.20. The Hall–Kier alpha value is -1.91. The van der Waals surface area contributed by atoms with E-state index in [-0.39, 0.29) is 0 Å². The molecule has 0 aliphatic carbocycles. The maximum absolute atomic E-state index is 5.77. The van der Waals surface area contributed by atoms with Crippen LogP contribution in [-0.2, 0) is 13.0 Å². The second-order valence-corrected chi connectivity index (χ2v) is 5.97. The van der Waals surface area contributed by atoms with Crippen molar-refractivity contribution in [2.75, 3.05) is 18.5 Å². The summed E-state index contributed by atoms with van der Waals surface area (Å²) in [5.74, 6) is 1.03. The molecule has 0 saturated carbocycles. The SMILES string of the molecule is CN(Cc1ccsc1)c1nc2ccccc2cc1CCN. The standard InChI is InChI=1S/C17H19N3S/c1-20(11-13-7-9-21-12-13)17-15(6-8-18)10-14-4-2-3-5-16(14)19-17/h2-5,7,9-10,12H,6,8,11,18H2,1H3. The fourth-order valence-corrected chi connectivity index (χ4v) is 3.21. The molecule has 3 nitrogen and oxygen atoms in total. The number of fused-ring (bicyclic) bond motifs is 1. The zero-order chi connectivity index (χ0) is 14.7. The third-order valence-electron chi connectivity index (χ3n) is 3.56. The van der Waals surface area contributed by atoms with Gasteiger partial charge in [0.1, 0.15) is 5.82 Å². The normalized spacial score (nSPS) is 11.0. The average Bonchev–Trinajstić information content (AvgIpc) is 2.99. The van der Waals surface area contributed by atoms with Crippen molar-refractivity contribution in [2.45, 2.75) is 13.0 Å². The topological polar surface area (TPSA) is 42.2 Å². The molecule has 21 heavy (non-hydrogen) atoms. The van der Waals surface area contributed by atoms with Crippen molar-refractivity contribution in [1.82, 2.24) is 4.98 Å². The average molecular weight is 297 g/mol. The first-order valence-corrected chi connectivity index (χ1v) is 8.03. The van der Waals surface area contributed by atoms with Gasteiger partial charge in [-0.15, -0.1) is 0 Å². The van der Waals surface area contributed by atoms with E-state index in [4.69, 9.17) is 10.7 Å². The lowest BCUT2D eigenvalue weighted by atomic mass is 10.1. The summed E-state index contributed by atoms with van der Waals surface area (Å²) in [6.07, 6.45) is 0.848. The molecule has 0 fully saturated rings. The van der Waals surface area contributed by atoms with Gasteiger partial charge in [0.25, 0.3) is 0 Å². The Morgan fingerprint density at radius 3 is 2.86 bits per heavy atom. The molecule has 4 heteroatoms. The maximum atomic E-state index is 5.77. The first-order chi connectivity index (χ1) is 10.3. The van der Waals surface area contributed by atoms with Crippen LogP contribution in [0.1, 0.15) is 11.1 Å². The number of nitrogens with zero attached hydrogens (tertiary/aromatic N) is 2. The summed E-state index contributed by atoms with van der Waals surface area (Å²) in [7, 11) is 2.09. The van der Waals surface area contributed by atoms with E-state index in [1.165, 1.54) is 16.5 Å². The monoisotopic (exact) mass is 297 g/mol. The van der Waals surface area contributed by atoms with Gasteiger partial charge in [-0.05, 0) is 53.1 Å². The molecular formula is C17H19N3S. The molecule has 0 radical (unpaired) electrons. The van der Waals surface area contributed by atoms with Crippen molar-refractivity contribution in [3.8, 4) is 0 Å². The van der Waals surface area contributed by atoms with Gasteiger partial charge in [0, 0.05) is 19.0 Å². The highest BCUT2D eigenvalue weighted by Crippen LogP contribution is 2.24. The molecule has 2 aromatic heterocycles. The van der Waals surface area contributed by atoms with Crippen LogP contribution in [0.15, 0.2) is 47.2 Å². The van der Waals surface area contributed by atoms with Gasteiger partial charge >= 0.3 is 0 Å². The molecule has 0 aliphatic rings. The summed E-state index contributed by atoms with van der Waals surface area (Å²) in [4.78, 5) is 7.06. The van der Waals surface area contributed by atoms with Crippen molar-refractivity contribution >= 4 is 28.1 Å². The largest absolute Gasteiger partial charge is 0.355 e. The number of rotatable bonds is 5. The molecule has 3 aromatic rings. The first-order valence-electron chi connectivity index (χ1n) is 7.09. The molecule has 1 aromatic carbocycles.